The summed E-state index contributed by atoms with van der Waals surface area (Å²) < 4.78 is 6.54. The Labute approximate surface area is 123 Å². The molecule has 2 aromatic carbocycles. The SMILES string of the molecule is O=C(O)c1ccc(OCc2ccccc2Br)c(Cl)c1. The van der Waals surface area contributed by atoms with Crippen molar-refractivity contribution in [3.63, 3.8) is 0 Å². The fourth-order valence-electron chi connectivity index (χ4n) is 1.52. The van der Waals surface area contributed by atoms with Crippen molar-refractivity contribution < 1.29 is 14.6 Å². The Morgan fingerprint density at radius 2 is 2.00 bits per heavy atom. The van der Waals surface area contributed by atoms with Crippen molar-refractivity contribution >= 4 is 33.5 Å². The van der Waals surface area contributed by atoms with Crippen LogP contribution in [0.15, 0.2) is 46.9 Å². The van der Waals surface area contributed by atoms with Gasteiger partial charge >= 0.3 is 5.97 Å². The number of benzene rings is 2. The minimum absolute atomic E-state index is 0.137. The Morgan fingerprint density at radius 1 is 1.26 bits per heavy atom. The molecule has 0 atom stereocenters. The molecular weight excluding hydrogens is 332 g/mol. The van der Waals surface area contributed by atoms with Crippen LogP contribution in [-0.2, 0) is 6.61 Å². The molecule has 0 bridgehead atoms. The van der Waals surface area contributed by atoms with E-state index in [-0.39, 0.29) is 10.6 Å². The standard InChI is InChI=1S/C14H10BrClO3/c15-11-4-2-1-3-10(11)8-19-13-6-5-9(14(17)18)7-12(13)16/h1-7H,8H2,(H,17,18). The first-order chi connectivity index (χ1) is 9.08. The lowest BCUT2D eigenvalue weighted by molar-refractivity contribution is 0.0697. The Hall–Kier alpha value is -1.52. The molecule has 98 valence electrons. The van der Waals surface area contributed by atoms with Gasteiger partial charge in [0.25, 0.3) is 0 Å². The van der Waals surface area contributed by atoms with Gasteiger partial charge in [-0.25, -0.2) is 4.79 Å². The molecule has 0 fully saturated rings. The summed E-state index contributed by atoms with van der Waals surface area (Å²) in [6, 6.07) is 12.1. The maximum absolute atomic E-state index is 10.8. The molecule has 0 aromatic heterocycles. The summed E-state index contributed by atoms with van der Waals surface area (Å²) >= 11 is 9.41. The Kier molecular flexibility index (Phi) is 4.45. The molecule has 0 unspecified atom stereocenters. The minimum Gasteiger partial charge on any atom is -0.487 e. The summed E-state index contributed by atoms with van der Waals surface area (Å²) in [6.45, 7) is 0.355. The summed E-state index contributed by atoms with van der Waals surface area (Å²) in [6.07, 6.45) is 0. The molecule has 3 nitrogen and oxygen atoms in total. The van der Waals surface area contributed by atoms with E-state index in [2.05, 4.69) is 15.9 Å². The highest BCUT2D eigenvalue weighted by Gasteiger charge is 2.08. The van der Waals surface area contributed by atoms with E-state index >= 15 is 0 Å². The van der Waals surface area contributed by atoms with Crippen LogP contribution in [0.1, 0.15) is 15.9 Å². The van der Waals surface area contributed by atoms with Crippen LogP contribution < -0.4 is 4.74 Å². The molecule has 0 aliphatic heterocycles. The van der Waals surface area contributed by atoms with Gasteiger partial charge in [-0.05, 0) is 24.3 Å². The van der Waals surface area contributed by atoms with Gasteiger partial charge in [0.15, 0.2) is 0 Å². The number of hydrogen-bond acceptors (Lipinski definition) is 2. The van der Waals surface area contributed by atoms with E-state index in [4.69, 9.17) is 21.4 Å². The molecule has 0 saturated heterocycles. The van der Waals surface area contributed by atoms with Crippen molar-refractivity contribution in [1.82, 2.24) is 0 Å². The monoisotopic (exact) mass is 340 g/mol. The lowest BCUT2D eigenvalue weighted by atomic mass is 10.2. The van der Waals surface area contributed by atoms with Crippen molar-refractivity contribution in [2.45, 2.75) is 6.61 Å². The first kappa shape index (κ1) is 13.9. The molecule has 0 heterocycles. The zero-order valence-corrected chi connectivity index (χ0v) is 12.1. The lowest BCUT2D eigenvalue weighted by Gasteiger charge is -2.09. The van der Waals surface area contributed by atoms with E-state index in [9.17, 15) is 4.79 Å². The lowest BCUT2D eigenvalue weighted by Crippen LogP contribution is -1.99. The van der Waals surface area contributed by atoms with Crippen LogP contribution in [0.4, 0.5) is 0 Å². The zero-order chi connectivity index (χ0) is 13.8. The summed E-state index contributed by atoms with van der Waals surface area (Å²) in [5.74, 6) is -0.554. The average Bonchev–Trinajstić information content (AvgIpc) is 2.39. The number of aromatic carboxylic acids is 1. The van der Waals surface area contributed by atoms with Gasteiger partial charge in [-0.1, -0.05) is 45.7 Å². The van der Waals surface area contributed by atoms with Crippen LogP contribution in [-0.4, -0.2) is 11.1 Å². The van der Waals surface area contributed by atoms with E-state index in [1.165, 1.54) is 12.1 Å². The van der Waals surface area contributed by atoms with E-state index in [0.717, 1.165) is 10.0 Å². The molecule has 5 heteroatoms. The van der Waals surface area contributed by atoms with E-state index < -0.39 is 5.97 Å². The third-order valence-electron chi connectivity index (χ3n) is 2.52. The predicted molar refractivity (Wildman–Crippen MR) is 76.9 cm³/mol. The maximum Gasteiger partial charge on any atom is 0.335 e. The van der Waals surface area contributed by atoms with Crippen LogP contribution in [0.3, 0.4) is 0 Å². The minimum atomic E-state index is -1.01. The molecule has 0 saturated carbocycles. The van der Waals surface area contributed by atoms with Gasteiger partial charge in [0.1, 0.15) is 12.4 Å². The van der Waals surface area contributed by atoms with Crippen LogP contribution in [0.5, 0.6) is 5.75 Å². The van der Waals surface area contributed by atoms with E-state index in [1.54, 1.807) is 6.07 Å². The normalized spacial score (nSPS) is 10.2. The second kappa shape index (κ2) is 6.08. The van der Waals surface area contributed by atoms with Crippen molar-refractivity contribution in [2.24, 2.45) is 0 Å². The van der Waals surface area contributed by atoms with E-state index in [0.29, 0.717) is 12.4 Å². The first-order valence-corrected chi connectivity index (χ1v) is 6.64. The van der Waals surface area contributed by atoms with Crippen LogP contribution in [0, 0.1) is 0 Å². The summed E-state index contributed by atoms with van der Waals surface area (Å²) in [4.78, 5) is 10.8. The van der Waals surface area contributed by atoms with Gasteiger partial charge in [0.2, 0.25) is 0 Å². The van der Waals surface area contributed by atoms with Crippen LogP contribution >= 0.6 is 27.5 Å². The fourth-order valence-corrected chi connectivity index (χ4v) is 2.16. The second-order valence-corrected chi connectivity index (χ2v) is 5.09. The van der Waals surface area contributed by atoms with Gasteiger partial charge in [-0.3, -0.25) is 0 Å². The van der Waals surface area contributed by atoms with E-state index in [1.807, 2.05) is 24.3 Å². The number of ether oxygens (including phenoxy) is 1. The average molecular weight is 342 g/mol. The van der Waals surface area contributed by atoms with Crippen molar-refractivity contribution in [1.29, 1.82) is 0 Å². The molecule has 2 rings (SSSR count). The third-order valence-corrected chi connectivity index (χ3v) is 3.59. The van der Waals surface area contributed by atoms with Gasteiger partial charge in [-0.2, -0.15) is 0 Å². The van der Waals surface area contributed by atoms with Crippen molar-refractivity contribution in [3.05, 3.63) is 63.1 Å². The highest BCUT2D eigenvalue weighted by Crippen LogP contribution is 2.27. The molecule has 1 N–H and O–H groups in total. The number of rotatable bonds is 4. The van der Waals surface area contributed by atoms with Gasteiger partial charge in [0.05, 0.1) is 10.6 Å². The van der Waals surface area contributed by atoms with Crippen LogP contribution in [0.25, 0.3) is 0 Å². The molecule has 0 aliphatic rings. The zero-order valence-electron chi connectivity index (χ0n) is 9.77. The van der Waals surface area contributed by atoms with Gasteiger partial charge < -0.3 is 9.84 Å². The van der Waals surface area contributed by atoms with Gasteiger partial charge in [0, 0.05) is 10.0 Å². The first-order valence-electron chi connectivity index (χ1n) is 5.47. The predicted octanol–water partition coefficient (Wildman–Crippen LogP) is 4.38. The fraction of sp³-hybridized carbons (Fsp3) is 0.0714. The highest BCUT2D eigenvalue weighted by atomic mass is 79.9. The Balaban J connectivity index is 2.12. The third kappa shape index (κ3) is 3.49. The van der Waals surface area contributed by atoms with Crippen molar-refractivity contribution in [2.75, 3.05) is 0 Å². The number of carboxylic acids is 1. The molecule has 0 radical (unpaired) electrons. The maximum atomic E-state index is 10.8. The Bertz CT molecular complexity index is 613. The highest BCUT2D eigenvalue weighted by molar-refractivity contribution is 9.10. The molecule has 0 spiro atoms. The number of carboxylic acid groups (broad SMARTS) is 1. The molecule has 19 heavy (non-hydrogen) atoms. The quantitative estimate of drug-likeness (QED) is 0.897. The number of halogens is 2. The number of hydrogen-bond donors (Lipinski definition) is 1. The summed E-state index contributed by atoms with van der Waals surface area (Å²) in [7, 11) is 0. The largest absolute Gasteiger partial charge is 0.487 e. The topological polar surface area (TPSA) is 46.5 Å². The van der Waals surface area contributed by atoms with Crippen molar-refractivity contribution in [3.8, 4) is 5.75 Å². The molecule has 2 aromatic rings. The summed E-state index contributed by atoms with van der Waals surface area (Å²) in [5, 5.41) is 9.12. The summed E-state index contributed by atoms with van der Waals surface area (Å²) in [5.41, 5.74) is 1.12. The molecule has 0 amide bonds. The molecule has 0 aliphatic carbocycles. The smallest absolute Gasteiger partial charge is 0.335 e. The van der Waals surface area contributed by atoms with Crippen LogP contribution in [0.2, 0.25) is 5.02 Å². The number of carbonyl (C=O) groups is 1. The molecular formula is C14H10BrClO3. The second-order valence-electron chi connectivity index (χ2n) is 3.83. The van der Waals surface area contributed by atoms with Gasteiger partial charge in [-0.15, -0.1) is 0 Å². The Morgan fingerprint density at radius 3 is 2.63 bits per heavy atom.